The Morgan fingerprint density at radius 1 is 1.00 bits per heavy atom. The van der Waals surface area contributed by atoms with Crippen molar-refractivity contribution in [2.45, 2.75) is 51.0 Å². The van der Waals surface area contributed by atoms with Gasteiger partial charge in [0.2, 0.25) is 0 Å². The zero-order valence-corrected chi connectivity index (χ0v) is 13.5. The van der Waals surface area contributed by atoms with Crippen molar-refractivity contribution < 1.29 is 0 Å². The van der Waals surface area contributed by atoms with E-state index >= 15 is 0 Å². The summed E-state index contributed by atoms with van der Waals surface area (Å²) in [5, 5.41) is 3.85. The van der Waals surface area contributed by atoms with Crippen LogP contribution in [0.25, 0.3) is 0 Å². The molecule has 1 heteroatoms. The Balaban J connectivity index is 1.76. The lowest BCUT2D eigenvalue weighted by molar-refractivity contribution is 0.406. The summed E-state index contributed by atoms with van der Waals surface area (Å²) in [5.41, 5.74) is 5.85. The Morgan fingerprint density at radius 2 is 1.82 bits per heavy atom. The van der Waals surface area contributed by atoms with Gasteiger partial charge in [0.25, 0.3) is 0 Å². The molecular formula is C21H25N. The summed E-state index contributed by atoms with van der Waals surface area (Å²) in [4.78, 5) is 0. The van der Waals surface area contributed by atoms with Gasteiger partial charge in [-0.15, -0.1) is 0 Å². The van der Waals surface area contributed by atoms with Gasteiger partial charge in [-0.2, -0.15) is 0 Å². The second-order valence-electron chi connectivity index (χ2n) is 7.24. The first-order chi connectivity index (χ1) is 10.7. The molecule has 0 saturated heterocycles. The van der Waals surface area contributed by atoms with Gasteiger partial charge in [-0.05, 0) is 53.4 Å². The fraction of sp³-hybridized carbons (Fsp3) is 0.429. The van der Waals surface area contributed by atoms with Crippen LogP contribution in [0.15, 0.2) is 48.5 Å². The van der Waals surface area contributed by atoms with Crippen molar-refractivity contribution in [3.05, 3.63) is 65.2 Å². The van der Waals surface area contributed by atoms with Gasteiger partial charge in [-0.3, -0.25) is 0 Å². The zero-order chi connectivity index (χ0) is 15.1. The fourth-order valence-electron chi connectivity index (χ4n) is 4.42. The highest BCUT2D eigenvalue weighted by Crippen LogP contribution is 2.52. The molecule has 0 spiro atoms. The van der Waals surface area contributed by atoms with Crippen LogP contribution in [-0.4, -0.2) is 0 Å². The lowest BCUT2D eigenvalue weighted by atomic mass is 9.76. The molecule has 1 unspecified atom stereocenters. The minimum Gasteiger partial charge on any atom is -0.378 e. The van der Waals surface area contributed by atoms with Gasteiger partial charge >= 0.3 is 0 Å². The van der Waals surface area contributed by atoms with E-state index in [1.54, 1.807) is 5.56 Å². The van der Waals surface area contributed by atoms with E-state index in [2.05, 4.69) is 67.7 Å². The maximum atomic E-state index is 3.85. The highest BCUT2D eigenvalue weighted by Gasteiger charge is 2.40. The minimum absolute atomic E-state index is 0.478. The van der Waals surface area contributed by atoms with Crippen LogP contribution < -0.4 is 5.32 Å². The standard InChI is InChI=1S/C21H25N/c1-14(2)16-11-12-20-19(13-16)17-9-6-10-18(17)21(22-20)15-7-4-3-5-8-15/h3-5,7-8,11-14,17-18,21-22H,6,9-10H2,1-2H3/t17?,18-,21-/m1/s1. The highest BCUT2D eigenvalue weighted by molar-refractivity contribution is 5.59. The smallest absolute Gasteiger partial charge is 0.0547 e. The van der Waals surface area contributed by atoms with Gasteiger partial charge in [0.1, 0.15) is 0 Å². The first-order valence-corrected chi connectivity index (χ1v) is 8.69. The molecule has 0 amide bonds. The molecule has 2 aliphatic rings. The number of fused-ring (bicyclic) bond motifs is 3. The van der Waals surface area contributed by atoms with Crippen LogP contribution >= 0.6 is 0 Å². The zero-order valence-electron chi connectivity index (χ0n) is 13.5. The Hall–Kier alpha value is -1.76. The number of rotatable bonds is 2. The maximum Gasteiger partial charge on any atom is 0.0547 e. The van der Waals surface area contributed by atoms with E-state index in [1.165, 1.54) is 36.1 Å². The van der Waals surface area contributed by atoms with E-state index in [4.69, 9.17) is 0 Å². The Morgan fingerprint density at radius 3 is 2.59 bits per heavy atom. The van der Waals surface area contributed by atoms with Crippen molar-refractivity contribution in [2.24, 2.45) is 5.92 Å². The third-order valence-electron chi connectivity index (χ3n) is 5.61. The third kappa shape index (κ3) is 2.24. The van der Waals surface area contributed by atoms with E-state index in [0.29, 0.717) is 12.0 Å². The summed E-state index contributed by atoms with van der Waals surface area (Å²) in [5.74, 6) is 2.09. The van der Waals surface area contributed by atoms with Crippen molar-refractivity contribution >= 4 is 5.69 Å². The van der Waals surface area contributed by atoms with Crippen LogP contribution in [0.4, 0.5) is 5.69 Å². The lowest BCUT2D eigenvalue weighted by Crippen LogP contribution is -2.28. The van der Waals surface area contributed by atoms with Gasteiger partial charge in [0.15, 0.2) is 0 Å². The molecule has 114 valence electrons. The Kier molecular flexibility index (Phi) is 3.44. The van der Waals surface area contributed by atoms with E-state index in [9.17, 15) is 0 Å². The molecule has 1 N–H and O–H groups in total. The Bertz CT molecular complexity index is 659. The molecule has 1 heterocycles. The minimum atomic E-state index is 0.478. The first kappa shape index (κ1) is 13.9. The van der Waals surface area contributed by atoms with Crippen LogP contribution in [0, 0.1) is 5.92 Å². The van der Waals surface area contributed by atoms with E-state index < -0.39 is 0 Å². The predicted molar refractivity (Wildman–Crippen MR) is 93.4 cm³/mol. The summed E-state index contributed by atoms with van der Waals surface area (Å²) in [7, 11) is 0. The number of hydrogen-bond acceptors (Lipinski definition) is 1. The molecule has 0 bridgehead atoms. The SMILES string of the molecule is CC(C)c1ccc2c(c1)C1CCC[C@H]1[C@@H](c1ccccc1)N2. The van der Waals surface area contributed by atoms with Crippen molar-refractivity contribution in [1.82, 2.24) is 0 Å². The molecule has 0 aromatic heterocycles. The number of benzene rings is 2. The van der Waals surface area contributed by atoms with Crippen LogP contribution in [0.3, 0.4) is 0 Å². The number of nitrogens with one attached hydrogen (secondary N) is 1. The van der Waals surface area contributed by atoms with Gasteiger partial charge in [0.05, 0.1) is 6.04 Å². The number of hydrogen-bond donors (Lipinski definition) is 1. The van der Waals surface area contributed by atoms with Crippen LogP contribution in [0.2, 0.25) is 0 Å². The topological polar surface area (TPSA) is 12.0 Å². The quantitative estimate of drug-likeness (QED) is 0.730. The number of anilines is 1. The molecular weight excluding hydrogens is 266 g/mol. The van der Waals surface area contributed by atoms with E-state index in [0.717, 1.165) is 11.8 Å². The summed E-state index contributed by atoms with van der Waals surface area (Å²) in [6.07, 6.45) is 4.07. The average Bonchev–Trinajstić information content (AvgIpc) is 3.04. The lowest BCUT2D eigenvalue weighted by Gasteiger charge is -2.38. The summed E-state index contributed by atoms with van der Waals surface area (Å²) in [6, 6.07) is 18.6. The molecule has 1 aliphatic heterocycles. The normalized spacial score (nSPS) is 26.4. The molecule has 2 aromatic rings. The predicted octanol–water partition coefficient (Wildman–Crippen LogP) is 5.86. The summed E-state index contributed by atoms with van der Waals surface area (Å²) >= 11 is 0. The van der Waals surface area contributed by atoms with Crippen LogP contribution in [0.5, 0.6) is 0 Å². The maximum absolute atomic E-state index is 3.85. The van der Waals surface area contributed by atoms with Gasteiger partial charge in [0, 0.05) is 5.69 Å². The largest absolute Gasteiger partial charge is 0.378 e. The van der Waals surface area contributed by atoms with Gasteiger partial charge in [-0.25, -0.2) is 0 Å². The van der Waals surface area contributed by atoms with Crippen molar-refractivity contribution in [3.8, 4) is 0 Å². The van der Waals surface area contributed by atoms with E-state index in [1.807, 2.05) is 0 Å². The second kappa shape index (κ2) is 5.46. The average molecular weight is 291 g/mol. The van der Waals surface area contributed by atoms with E-state index in [-0.39, 0.29) is 0 Å². The summed E-state index contributed by atoms with van der Waals surface area (Å²) in [6.45, 7) is 4.58. The molecule has 1 fully saturated rings. The summed E-state index contributed by atoms with van der Waals surface area (Å²) < 4.78 is 0. The molecule has 22 heavy (non-hydrogen) atoms. The molecule has 1 saturated carbocycles. The monoisotopic (exact) mass is 291 g/mol. The second-order valence-corrected chi connectivity index (χ2v) is 7.24. The molecule has 4 rings (SSSR count). The third-order valence-corrected chi connectivity index (χ3v) is 5.61. The molecule has 1 aliphatic carbocycles. The first-order valence-electron chi connectivity index (χ1n) is 8.69. The Labute approximate surface area is 133 Å². The van der Waals surface area contributed by atoms with Crippen LogP contribution in [0.1, 0.15) is 67.7 Å². The molecule has 0 radical (unpaired) electrons. The fourth-order valence-corrected chi connectivity index (χ4v) is 4.42. The molecule has 3 atom stereocenters. The molecule has 2 aromatic carbocycles. The van der Waals surface area contributed by atoms with Crippen LogP contribution in [-0.2, 0) is 0 Å². The highest BCUT2D eigenvalue weighted by atomic mass is 15.0. The van der Waals surface area contributed by atoms with Crippen molar-refractivity contribution in [3.63, 3.8) is 0 Å². The van der Waals surface area contributed by atoms with Crippen molar-refractivity contribution in [1.29, 1.82) is 0 Å². The van der Waals surface area contributed by atoms with Gasteiger partial charge in [-0.1, -0.05) is 62.7 Å². The van der Waals surface area contributed by atoms with Gasteiger partial charge < -0.3 is 5.32 Å². The van der Waals surface area contributed by atoms with Crippen molar-refractivity contribution in [2.75, 3.05) is 5.32 Å². The molecule has 1 nitrogen and oxygen atoms in total.